The summed E-state index contributed by atoms with van der Waals surface area (Å²) < 4.78 is 25.2. The normalized spacial score (nSPS) is 13.2. The van der Waals surface area contributed by atoms with Crippen molar-refractivity contribution in [2.24, 2.45) is 16.6 Å². The zero-order valence-corrected chi connectivity index (χ0v) is 23.7. The number of carbonyl (C=O) groups is 2. The molecule has 13 nitrogen and oxygen atoms in total. The Kier molecular flexibility index (Phi) is 11.1. The average Bonchev–Trinajstić information content (AvgIpc) is 2.94. The standard InChI is InChI=1S/C28H33N7O6S/c1-42(40,41)34-22-14-12-19(13-15-22)18-31-27(36)24(17-16-23(29)26(30)33-35(38)39)32-28(37)25(20-8-4-2-5-9-20)21-10-6-3-7-11-21/h2-15,23-25,34H,16-18,29H2,1H3,(H2,30,33)(H,31,36)(H,32,37)/t23?,24-/m0/s1. The minimum Gasteiger partial charge on any atom is -0.381 e. The molecule has 0 spiro atoms. The third-order valence-electron chi connectivity index (χ3n) is 6.23. The minimum absolute atomic E-state index is 0.0141. The first-order valence-corrected chi connectivity index (χ1v) is 14.8. The van der Waals surface area contributed by atoms with E-state index in [0.717, 1.165) is 17.4 Å². The van der Waals surface area contributed by atoms with Crippen molar-refractivity contribution in [3.8, 4) is 0 Å². The summed E-state index contributed by atoms with van der Waals surface area (Å²) in [5.74, 6) is -2.06. The third-order valence-corrected chi connectivity index (χ3v) is 6.83. The van der Waals surface area contributed by atoms with Crippen molar-refractivity contribution >= 4 is 33.4 Å². The van der Waals surface area contributed by atoms with Crippen LogP contribution in [0.1, 0.15) is 35.4 Å². The molecule has 0 heterocycles. The summed E-state index contributed by atoms with van der Waals surface area (Å²) >= 11 is 0. The number of anilines is 1. The fourth-order valence-electron chi connectivity index (χ4n) is 4.19. The quantitative estimate of drug-likeness (QED) is 0.0798. The molecule has 14 heteroatoms. The molecule has 42 heavy (non-hydrogen) atoms. The molecule has 3 rings (SSSR count). The zero-order chi connectivity index (χ0) is 30.7. The van der Waals surface area contributed by atoms with Gasteiger partial charge in [0.15, 0.2) is 10.9 Å². The van der Waals surface area contributed by atoms with Gasteiger partial charge in [-0.15, -0.1) is 0 Å². The molecule has 0 aliphatic rings. The van der Waals surface area contributed by atoms with Gasteiger partial charge in [-0.1, -0.05) is 72.8 Å². The van der Waals surface area contributed by atoms with Gasteiger partial charge in [0.05, 0.1) is 23.3 Å². The fourth-order valence-corrected chi connectivity index (χ4v) is 4.75. The Morgan fingerprint density at radius 3 is 1.95 bits per heavy atom. The smallest absolute Gasteiger partial charge is 0.242 e. The summed E-state index contributed by atoms with van der Waals surface area (Å²) in [6.07, 6.45) is 1.08. The van der Waals surface area contributed by atoms with Crippen LogP contribution in [0.4, 0.5) is 5.69 Å². The first-order valence-electron chi connectivity index (χ1n) is 12.9. The van der Waals surface area contributed by atoms with Crippen molar-refractivity contribution in [2.45, 2.75) is 37.4 Å². The van der Waals surface area contributed by atoms with Crippen molar-refractivity contribution in [3.05, 3.63) is 112 Å². The van der Waals surface area contributed by atoms with Crippen molar-refractivity contribution in [1.29, 1.82) is 0 Å². The molecule has 0 radical (unpaired) electrons. The van der Waals surface area contributed by atoms with Gasteiger partial charge < -0.3 is 22.1 Å². The predicted octanol–water partition coefficient (Wildman–Crippen LogP) is 1.65. The highest BCUT2D eigenvalue weighted by Gasteiger charge is 2.28. The van der Waals surface area contributed by atoms with Crippen LogP contribution in [0.5, 0.6) is 0 Å². The highest BCUT2D eigenvalue weighted by Crippen LogP contribution is 2.25. The van der Waals surface area contributed by atoms with Crippen molar-refractivity contribution < 1.29 is 23.0 Å². The predicted molar refractivity (Wildman–Crippen MR) is 159 cm³/mol. The molecule has 0 saturated carbocycles. The number of amidine groups is 1. The van der Waals surface area contributed by atoms with Gasteiger partial charge in [-0.3, -0.25) is 14.3 Å². The molecule has 2 amide bonds. The highest BCUT2D eigenvalue weighted by atomic mass is 32.2. The van der Waals surface area contributed by atoms with Gasteiger partial charge >= 0.3 is 0 Å². The maximum atomic E-state index is 13.7. The summed E-state index contributed by atoms with van der Waals surface area (Å²) in [5, 5.41) is 18.4. The van der Waals surface area contributed by atoms with E-state index in [1.807, 2.05) is 60.7 Å². The number of nitro groups is 1. The number of amides is 2. The maximum Gasteiger partial charge on any atom is 0.242 e. The van der Waals surface area contributed by atoms with Crippen molar-refractivity contribution in [1.82, 2.24) is 10.6 Å². The second-order valence-electron chi connectivity index (χ2n) is 9.55. The van der Waals surface area contributed by atoms with Gasteiger partial charge in [-0.2, -0.15) is 0 Å². The first-order chi connectivity index (χ1) is 19.9. The Balaban J connectivity index is 1.79. The van der Waals surface area contributed by atoms with E-state index in [9.17, 15) is 28.1 Å². The van der Waals surface area contributed by atoms with Crippen LogP contribution in [-0.2, 0) is 26.2 Å². The van der Waals surface area contributed by atoms with Crippen LogP contribution in [0.15, 0.2) is 90.0 Å². The molecule has 2 atom stereocenters. The van der Waals surface area contributed by atoms with Crippen LogP contribution < -0.4 is 26.8 Å². The lowest BCUT2D eigenvalue weighted by Gasteiger charge is -2.24. The van der Waals surface area contributed by atoms with Gasteiger partial charge in [0, 0.05) is 12.2 Å². The Morgan fingerprint density at radius 2 is 1.45 bits per heavy atom. The lowest BCUT2D eigenvalue weighted by atomic mass is 9.90. The molecular formula is C28H33N7O6S. The Labute approximate surface area is 243 Å². The summed E-state index contributed by atoms with van der Waals surface area (Å²) in [6.45, 7) is 0.0854. The monoisotopic (exact) mass is 595 g/mol. The second kappa shape index (κ2) is 14.7. The van der Waals surface area contributed by atoms with Crippen LogP contribution >= 0.6 is 0 Å². The Morgan fingerprint density at radius 1 is 0.905 bits per heavy atom. The Hall–Kier alpha value is -4.82. The molecule has 0 aromatic heterocycles. The van der Waals surface area contributed by atoms with Crippen molar-refractivity contribution in [3.63, 3.8) is 0 Å². The number of rotatable bonds is 14. The first kappa shape index (κ1) is 31.7. The van der Waals surface area contributed by atoms with Gasteiger partial charge in [-0.25, -0.2) is 18.5 Å². The second-order valence-corrected chi connectivity index (χ2v) is 11.3. The molecule has 0 fully saturated rings. The summed E-state index contributed by atoms with van der Waals surface area (Å²) in [7, 11) is -3.44. The molecule has 3 aromatic carbocycles. The lowest BCUT2D eigenvalue weighted by Crippen LogP contribution is -2.49. The highest BCUT2D eigenvalue weighted by molar-refractivity contribution is 7.92. The fraction of sp³-hybridized carbons (Fsp3) is 0.250. The van der Waals surface area contributed by atoms with Crippen LogP contribution in [0.25, 0.3) is 0 Å². The molecule has 222 valence electrons. The van der Waals surface area contributed by atoms with Crippen molar-refractivity contribution in [2.75, 3.05) is 11.0 Å². The molecule has 0 aliphatic carbocycles. The lowest BCUT2D eigenvalue weighted by molar-refractivity contribution is -0.485. The SMILES string of the molecule is CS(=O)(=O)Nc1ccc(CNC(=O)[C@H](CCC(N)C(N)=N[N+](=O)[O-])NC(=O)C(c2ccccc2)c2ccccc2)cc1. The van der Waals surface area contributed by atoms with E-state index >= 15 is 0 Å². The number of carbonyl (C=O) groups excluding carboxylic acids is 2. The third kappa shape index (κ3) is 9.98. The van der Waals surface area contributed by atoms with Crippen LogP contribution in [0.2, 0.25) is 0 Å². The van der Waals surface area contributed by atoms with E-state index in [1.54, 1.807) is 24.3 Å². The summed E-state index contributed by atoms with van der Waals surface area (Å²) in [5.41, 5.74) is 14.1. The van der Waals surface area contributed by atoms with E-state index in [-0.39, 0.29) is 19.4 Å². The van der Waals surface area contributed by atoms with E-state index in [2.05, 4.69) is 20.5 Å². The van der Waals surface area contributed by atoms with Crippen LogP contribution in [-0.4, -0.2) is 49.4 Å². The molecule has 0 bridgehead atoms. The van der Waals surface area contributed by atoms with Gasteiger partial charge in [0.25, 0.3) is 0 Å². The molecule has 3 aromatic rings. The van der Waals surface area contributed by atoms with Crippen LogP contribution in [0, 0.1) is 10.1 Å². The summed E-state index contributed by atoms with van der Waals surface area (Å²) in [4.78, 5) is 37.7. The number of nitrogens with one attached hydrogen (secondary N) is 3. The topological polar surface area (TPSA) is 212 Å². The number of hydrogen-bond donors (Lipinski definition) is 5. The number of nitrogens with zero attached hydrogens (tertiary/aromatic N) is 2. The number of hydrogen-bond acceptors (Lipinski definition) is 7. The molecule has 0 saturated heterocycles. The number of benzene rings is 3. The van der Waals surface area contributed by atoms with E-state index in [0.29, 0.717) is 11.3 Å². The largest absolute Gasteiger partial charge is 0.381 e. The van der Waals surface area contributed by atoms with Gasteiger partial charge in [-0.05, 0) is 41.7 Å². The minimum atomic E-state index is -3.44. The average molecular weight is 596 g/mol. The van der Waals surface area contributed by atoms with E-state index in [4.69, 9.17) is 11.5 Å². The molecular weight excluding hydrogens is 562 g/mol. The van der Waals surface area contributed by atoms with Crippen LogP contribution in [0.3, 0.4) is 0 Å². The molecule has 0 aliphatic heterocycles. The summed E-state index contributed by atoms with van der Waals surface area (Å²) in [6, 6.07) is 22.5. The van der Waals surface area contributed by atoms with E-state index < -0.39 is 50.7 Å². The van der Waals surface area contributed by atoms with Gasteiger partial charge in [0.2, 0.25) is 21.8 Å². The van der Waals surface area contributed by atoms with Gasteiger partial charge in [0.1, 0.15) is 6.04 Å². The number of sulfonamides is 1. The molecule has 1 unspecified atom stereocenters. The van der Waals surface area contributed by atoms with E-state index in [1.165, 1.54) is 0 Å². The number of hydrazone groups is 1. The zero-order valence-electron chi connectivity index (χ0n) is 22.8. The maximum absolute atomic E-state index is 13.7. The number of nitrogens with two attached hydrogens (primary N) is 2. The Bertz CT molecular complexity index is 1460. The molecule has 7 N–H and O–H groups in total.